The molecule has 6 heteroatoms. The van der Waals surface area contributed by atoms with Gasteiger partial charge in [0.05, 0.1) is 4.47 Å². The Morgan fingerprint density at radius 1 is 1.62 bits per heavy atom. The van der Waals surface area contributed by atoms with Gasteiger partial charge in [0.15, 0.2) is 0 Å². The summed E-state index contributed by atoms with van der Waals surface area (Å²) in [7, 11) is 0. The van der Waals surface area contributed by atoms with Gasteiger partial charge in [-0.15, -0.1) is 0 Å². The second-order valence-corrected chi connectivity index (χ2v) is 2.98. The van der Waals surface area contributed by atoms with Gasteiger partial charge in [-0.1, -0.05) is 0 Å². The number of halogens is 2. The number of hydrogen-bond donors (Lipinski definition) is 0. The second kappa shape index (κ2) is 4.02. The summed E-state index contributed by atoms with van der Waals surface area (Å²) >= 11 is 2.93. The fraction of sp³-hybridized carbons (Fsp3) is 0. The molecule has 0 bridgehead atoms. The minimum atomic E-state index is -0.797. The van der Waals surface area contributed by atoms with Gasteiger partial charge in [-0.05, 0) is 44.8 Å². The lowest BCUT2D eigenvalue weighted by Gasteiger charge is -1.96. The molecule has 0 heterocycles. The van der Waals surface area contributed by atoms with E-state index in [9.17, 15) is 9.18 Å². The summed E-state index contributed by atoms with van der Waals surface area (Å²) in [4.78, 5) is 13.2. The fourth-order valence-electron chi connectivity index (χ4n) is 0.728. The Bertz CT molecular complexity index is 401. The van der Waals surface area contributed by atoms with Gasteiger partial charge in [-0.3, -0.25) is 4.79 Å². The third-order valence-electron chi connectivity index (χ3n) is 1.30. The molecule has 0 saturated carbocycles. The normalized spacial score (nSPS) is 9.08. The van der Waals surface area contributed by atoms with E-state index in [4.69, 9.17) is 5.53 Å². The molecule has 13 heavy (non-hydrogen) atoms. The molecule has 1 rings (SSSR count). The Morgan fingerprint density at radius 2 is 2.31 bits per heavy atom. The molecule has 4 nitrogen and oxygen atoms in total. The van der Waals surface area contributed by atoms with Crippen LogP contribution in [0.3, 0.4) is 0 Å². The second-order valence-electron chi connectivity index (χ2n) is 2.12. The van der Waals surface area contributed by atoms with Gasteiger partial charge >= 0.3 is 0 Å². The Labute approximate surface area is 81.1 Å². The molecule has 0 aromatic heterocycles. The van der Waals surface area contributed by atoms with Gasteiger partial charge < -0.3 is 0 Å². The average Bonchev–Trinajstić information content (AvgIpc) is 2.10. The topological polar surface area (TPSA) is 65.8 Å². The molecule has 0 aliphatic carbocycles. The molecule has 0 aliphatic heterocycles. The van der Waals surface area contributed by atoms with Crippen molar-refractivity contribution in [2.24, 2.45) is 5.11 Å². The maximum absolute atomic E-state index is 12.8. The van der Waals surface area contributed by atoms with Gasteiger partial charge in [-0.25, -0.2) is 4.39 Å². The van der Waals surface area contributed by atoms with Crippen molar-refractivity contribution >= 4 is 21.8 Å². The zero-order valence-electron chi connectivity index (χ0n) is 6.24. The van der Waals surface area contributed by atoms with Gasteiger partial charge in [0.2, 0.25) is 5.91 Å². The summed E-state index contributed by atoms with van der Waals surface area (Å²) in [5, 5.41) is 2.83. The Balaban J connectivity index is 3.10. The summed E-state index contributed by atoms with van der Waals surface area (Å²) in [5.74, 6) is -1.37. The fourth-order valence-corrected chi connectivity index (χ4v) is 0.974. The first-order valence-electron chi connectivity index (χ1n) is 3.19. The first-order chi connectivity index (χ1) is 6.15. The first kappa shape index (κ1) is 9.70. The van der Waals surface area contributed by atoms with E-state index in [0.29, 0.717) is 0 Å². The number of azide groups is 1. The van der Waals surface area contributed by atoms with E-state index in [0.717, 1.165) is 6.07 Å². The molecule has 0 radical (unpaired) electrons. The van der Waals surface area contributed by atoms with Crippen LogP contribution in [0.2, 0.25) is 0 Å². The Kier molecular flexibility index (Phi) is 3.00. The lowest BCUT2D eigenvalue weighted by atomic mass is 10.2. The van der Waals surface area contributed by atoms with Gasteiger partial charge in [0, 0.05) is 10.5 Å². The maximum atomic E-state index is 12.8. The zero-order chi connectivity index (χ0) is 9.84. The quantitative estimate of drug-likeness (QED) is 0.425. The summed E-state index contributed by atoms with van der Waals surface area (Å²) in [6.07, 6.45) is 0. The molecule has 0 unspecified atom stereocenters. The van der Waals surface area contributed by atoms with Crippen LogP contribution in [0.15, 0.2) is 27.8 Å². The zero-order valence-corrected chi connectivity index (χ0v) is 7.82. The number of benzene rings is 1. The lowest BCUT2D eigenvalue weighted by molar-refractivity contribution is 0.1000. The highest BCUT2D eigenvalue weighted by molar-refractivity contribution is 9.10. The van der Waals surface area contributed by atoms with Gasteiger partial charge in [-0.2, -0.15) is 0 Å². The average molecular weight is 244 g/mol. The van der Waals surface area contributed by atoms with E-state index in [1.54, 1.807) is 0 Å². The SMILES string of the molecule is [N-]=[N+]=NC(=O)c1ccc(Br)c(F)c1. The predicted octanol–water partition coefficient (Wildman–Crippen LogP) is 3.04. The van der Waals surface area contributed by atoms with Crippen molar-refractivity contribution < 1.29 is 9.18 Å². The molecule has 66 valence electrons. The van der Waals surface area contributed by atoms with E-state index in [-0.39, 0.29) is 10.0 Å². The summed E-state index contributed by atoms with van der Waals surface area (Å²) in [6, 6.07) is 3.74. The summed E-state index contributed by atoms with van der Waals surface area (Å²) < 4.78 is 13.1. The van der Waals surface area contributed by atoms with Gasteiger partial charge in [0.25, 0.3) is 0 Å². The summed E-state index contributed by atoms with van der Waals surface area (Å²) in [5.41, 5.74) is 7.98. The van der Waals surface area contributed by atoms with Crippen LogP contribution in [-0.4, -0.2) is 5.91 Å². The molecule has 0 atom stereocenters. The highest BCUT2D eigenvalue weighted by Gasteiger charge is 2.05. The van der Waals surface area contributed by atoms with E-state index in [1.807, 2.05) is 0 Å². The van der Waals surface area contributed by atoms with E-state index >= 15 is 0 Å². The van der Waals surface area contributed by atoms with E-state index in [1.165, 1.54) is 12.1 Å². The maximum Gasteiger partial charge on any atom is 0.249 e. The van der Waals surface area contributed by atoms with Crippen LogP contribution < -0.4 is 0 Å². The van der Waals surface area contributed by atoms with Crippen LogP contribution in [0, 0.1) is 5.82 Å². The summed E-state index contributed by atoms with van der Waals surface area (Å²) in [6.45, 7) is 0. The molecule has 1 aromatic rings. The highest BCUT2D eigenvalue weighted by Crippen LogP contribution is 2.16. The molecular formula is C7H3BrFN3O. The van der Waals surface area contributed by atoms with Crippen molar-refractivity contribution in [1.29, 1.82) is 0 Å². The highest BCUT2D eigenvalue weighted by atomic mass is 79.9. The molecular weight excluding hydrogens is 241 g/mol. The van der Waals surface area contributed by atoms with Crippen molar-refractivity contribution in [3.05, 3.63) is 44.5 Å². The van der Waals surface area contributed by atoms with Gasteiger partial charge in [0.1, 0.15) is 5.82 Å². The number of carbonyl (C=O) groups excluding carboxylic acids is 1. The van der Waals surface area contributed by atoms with Crippen molar-refractivity contribution in [2.45, 2.75) is 0 Å². The predicted molar refractivity (Wildman–Crippen MR) is 47.6 cm³/mol. The smallest absolute Gasteiger partial charge is 0.249 e. The van der Waals surface area contributed by atoms with Crippen LogP contribution in [0.5, 0.6) is 0 Å². The molecule has 0 saturated heterocycles. The van der Waals surface area contributed by atoms with Crippen molar-refractivity contribution in [1.82, 2.24) is 0 Å². The molecule has 0 spiro atoms. The van der Waals surface area contributed by atoms with Crippen LogP contribution in [0.1, 0.15) is 10.4 Å². The molecule has 0 aliphatic rings. The largest absolute Gasteiger partial charge is 0.287 e. The molecule has 1 aromatic carbocycles. The van der Waals surface area contributed by atoms with Crippen LogP contribution in [-0.2, 0) is 0 Å². The minimum Gasteiger partial charge on any atom is -0.287 e. The number of amides is 1. The standard InChI is InChI=1S/C7H3BrFN3O/c8-5-2-1-4(3-6(5)9)7(13)11-12-10/h1-3H. The molecule has 0 fully saturated rings. The number of nitrogens with zero attached hydrogens (tertiary/aromatic N) is 3. The Hall–Kier alpha value is -1.39. The van der Waals surface area contributed by atoms with Crippen molar-refractivity contribution in [3.63, 3.8) is 0 Å². The number of carbonyl (C=O) groups is 1. The third-order valence-corrected chi connectivity index (χ3v) is 1.95. The minimum absolute atomic E-state index is 0.0264. The number of hydrogen-bond acceptors (Lipinski definition) is 1. The van der Waals surface area contributed by atoms with E-state index in [2.05, 4.69) is 26.0 Å². The lowest BCUT2D eigenvalue weighted by Crippen LogP contribution is -1.94. The third kappa shape index (κ3) is 2.27. The molecule has 1 amide bonds. The molecule has 0 N–H and O–H groups in total. The van der Waals surface area contributed by atoms with Crippen LogP contribution in [0.25, 0.3) is 10.4 Å². The first-order valence-corrected chi connectivity index (χ1v) is 3.99. The number of rotatable bonds is 1. The van der Waals surface area contributed by atoms with E-state index < -0.39 is 11.7 Å². The van der Waals surface area contributed by atoms with Crippen molar-refractivity contribution in [3.8, 4) is 0 Å². The van der Waals surface area contributed by atoms with Crippen LogP contribution >= 0.6 is 15.9 Å². The van der Waals surface area contributed by atoms with Crippen LogP contribution in [0.4, 0.5) is 4.39 Å². The van der Waals surface area contributed by atoms with Crippen molar-refractivity contribution in [2.75, 3.05) is 0 Å². The monoisotopic (exact) mass is 243 g/mol. The Morgan fingerprint density at radius 3 is 2.85 bits per heavy atom.